The molecule has 0 heterocycles. The highest BCUT2D eigenvalue weighted by molar-refractivity contribution is 5.94. The van der Waals surface area contributed by atoms with Crippen LogP contribution < -0.4 is 10.2 Å². The van der Waals surface area contributed by atoms with E-state index in [1.807, 2.05) is 5.32 Å². The SMILES string of the molecule is CN(C(=O)CCCC(=O)Nc1cc(C(F)(F)F)cc(C(F)(F)F)c1)c1ccccc1. The summed E-state index contributed by atoms with van der Waals surface area (Å²) < 4.78 is 77.2. The van der Waals surface area contributed by atoms with Gasteiger partial charge in [-0.3, -0.25) is 9.59 Å². The van der Waals surface area contributed by atoms with E-state index in [4.69, 9.17) is 0 Å². The summed E-state index contributed by atoms with van der Waals surface area (Å²) in [6.07, 6.45) is -10.2. The van der Waals surface area contributed by atoms with Crippen LogP contribution in [0, 0.1) is 0 Å². The van der Waals surface area contributed by atoms with Crippen LogP contribution in [0.5, 0.6) is 0 Å². The number of benzene rings is 2. The van der Waals surface area contributed by atoms with Gasteiger partial charge in [0.15, 0.2) is 0 Å². The zero-order valence-corrected chi connectivity index (χ0v) is 15.8. The number of hydrogen-bond acceptors (Lipinski definition) is 2. The second kappa shape index (κ2) is 9.19. The Morgan fingerprint density at radius 3 is 1.90 bits per heavy atom. The summed E-state index contributed by atoms with van der Waals surface area (Å²) in [4.78, 5) is 25.5. The van der Waals surface area contributed by atoms with Crippen molar-refractivity contribution in [3.8, 4) is 0 Å². The summed E-state index contributed by atoms with van der Waals surface area (Å²) in [5.41, 5.74) is -3.01. The molecule has 0 spiro atoms. The van der Waals surface area contributed by atoms with Gasteiger partial charge in [-0.15, -0.1) is 0 Å². The highest BCUT2D eigenvalue weighted by atomic mass is 19.4. The van der Waals surface area contributed by atoms with Gasteiger partial charge in [0.1, 0.15) is 0 Å². The fourth-order valence-electron chi connectivity index (χ4n) is 2.61. The topological polar surface area (TPSA) is 49.4 Å². The number of amides is 2. The first-order valence-electron chi connectivity index (χ1n) is 8.79. The molecule has 0 unspecified atom stereocenters. The molecule has 0 aliphatic carbocycles. The minimum absolute atomic E-state index is 0.0186. The minimum Gasteiger partial charge on any atom is -0.326 e. The third kappa shape index (κ3) is 6.50. The van der Waals surface area contributed by atoms with Crippen LogP contribution in [0.1, 0.15) is 30.4 Å². The van der Waals surface area contributed by atoms with Gasteiger partial charge >= 0.3 is 12.4 Å². The second-order valence-electron chi connectivity index (χ2n) is 6.48. The molecule has 0 bridgehead atoms. The van der Waals surface area contributed by atoms with E-state index in [2.05, 4.69) is 0 Å². The van der Waals surface area contributed by atoms with Gasteiger partial charge in [-0.05, 0) is 36.8 Å². The molecular weight excluding hydrogens is 414 g/mol. The first-order chi connectivity index (χ1) is 13.9. The lowest BCUT2D eigenvalue weighted by molar-refractivity contribution is -0.143. The zero-order valence-electron chi connectivity index (χ0n) is 15.8. The average molecular weight is 432 g/mol. The van der Waals surface area contributed by atoms with Gasteiger partial charge in [0.05, 0.1) is 11.1 Å². The summed E-state index contributed by atoms with van der Waals surface area (Å²) in [5.74, 6) is -1.08. The summed E-state index contributed by atoms with van der Waals surface area (Å²) in [5, 5.41) is 2.04. The van der Waals surface area contributed by atoms with E-state index in [0.717, 1.165) is 0 Å². The number of carbonyl (C=O) groups excluding carboxylic acids is 2. The number of rotatable bonds is 6. The number of hydrogen-bond donors (Lipinski definition) is 1. The van der Waals surface area contributed by atoms with Gasteiger partial charge in [0.25, 0.3) is 0 Å². The quantitative estimate of drug-likeness (QED) is 0.614. The maximum Gasteiger partial charge on any atom is 0.416 e. The van der Waals surface area contributed by atoms with E-state index < -0.39 is 35.1 Å². The van der Waals surface area contributed by atoms with Crippen LogP contribution >= 0.6 is 0 Å². The standard InChI is InChI=1S/C20H18F6N2O2/c1-28(16-6-3-2-4-7-16)18(30)9-5-8-17(29)27-15-11-13(19(21,22)23)10-14(12-15)20(24,25)26/h2-4,6-7,10-12H,5,8-9H2,1H3,(H,27,29). The molecule has 10 heteroatoms. The molecule has 162 valence electrons. The van der Waals surface area contributed by atoms with Crippen molar-refractivity contribution in [3.05, 3.63) is 59.7 Å². The Labute approximate surface area is 168 Å². The fraction of sp³-hybridized carbons (Fsp3) is 0.300. The molecule has 2 aromatic rings. The molecular formula is C20H18F6N2O2. The van der Waals surface area contributed by atoms with Crippen molar-refractivity contribution >= 4 is 23.2 Å². The Hall–Kier alpha value is -3.04. The molecule has 0 atom stereocenters. The Balaban J connectivity index is 1.98. The van der Waals surface area contributed by atoms with E-state index in [-0.39, 0.29) is 31.2 Å². The maximum atomic E-state index is 12.9. The van der Waals surface area contributed by atoms with E-state index >= 15 is 0 Å². The number of carbonyl (C=O) groups is 2. The Kier molecular flexibility index (Phi) is 7.12. The lowest BCUT2D eigenvalue weighted by atomic mass is 10.1. The minimum atomic E-state index is -5.00. The molecule has 0 aliphatic rings. The third-order valence-corrected chi connectivity index (χ3v) is 4.18. The van der Waals surface area contributed by atoms with Crippen molar-refractivity contribution < 1.29 is 35.9 Å². The summed E-state index contributed by atoms with van der Waals surface area (Å²) in [6.45, 7) is 0. The number of anilines is 2. The van der Waals surface area contributed by atoms with Crippen LogP contribution in [-0.2, 0) is 21.9 Å². The molecule has 1 N–H and O–H groups in total. The molecule has 0 saturated heterocycles. The summed E-state index contributed by atoms with van der Waals surface area (Å²) >= 11 is 0. The van der Waals surface area contributed by atoms with E-state index in [0.29, 0.717) is 17.8 Å². The monoisotopic (exact) mass is 432 g/mol. The maximum absolute atomic E-state index is 12.9. The van der Waals surface area contributed by atoms with Crippen molar-refractivity contribution in [2.75, 3.05) is 17.3 Å². The van der Waals surface area contributed by atoms with Crippen LogP contribution in [0.3, 0.4) is 0 Å². The average Bonchev–Trinajstić information content (AvgIpc) is 2.66. The van der Waals surface area contributed by atoms with Gasteiger partial charge in [-0.1, -0.05) is 18.2 Å². The fourth-order valence-corrected chi connectivity index (χ4v) is 2.61. The number of alkyl halides is 6. The van der Waals surface area contributed by atoms with Gasteiger partial charge in [0.2, 0.25) is 11.8 Å². The first-order valence-corrected chi connectivity index (χ1v) is 8.79. The largest absolute Gasteiger partial charge is 0.416 e. The van der Waals surface area contributed by atoms with Crippen molar-refractivity contribution in [3.63, 3.8) is 0 Å². The van der Waals surface area contributed by atoms with Crippen molar-refractivity contribution in [1.29, 1.82) is 0 Å². The van der Waals surface area contributed by atoms with Gasteiger partial charge in [-0.25, -0.2) is 0 Å². The molecule has 0 aromatic heterocycles. The molecule has 4 nitrogen and oxygen atoms in total. The molecule has 30 heavy (non-hydrogen) atoms. The van der Waals surface area contributed by atoms with Gasteiger partial charge in [0, 0.05) is 31.3 Å². The predicted molar refractivity (Wildman–Crippen MR) is 98.8 cm³/mol. The molecule has 0 radical (unpaired) electrons. The van der Waals surface area contributed by atoms with Gasteiger partial charge < -0.3 is 10.2 Å². The second-order valence-corrected chi connectivity index (χ2v) is 6.48. The molecule has 2 amide bonds. The van der Waals surface area contributed by atoms with Crippen molar-refractivity contribution in [2.24, 2.45) is 0 Å². The first kappa shape index (κ1) is 23.2. The Bertz CT molecular complexity index is 862. The van der Waals surface area contributed by atoms with Crippen LogP contribution in [-0.4, -0.2) is 18.9 Å². The highest BCUT2D eigenvalue weighted by Crippen LogP contribution is 2.37. The zero-order chi connectivity index (χ0) is 22.5. The number of halogens is 6. The lowest BCUT2D eigenvalue weighted by Crippen LogP contribution is -2.26. The van der Waals surface area contributed by atoms with E-state index in [1.54, 1.807) is 37.4 Å². The molecule has 0 aliphatic heterocycles. The summed E-state index contributed by atoms with van der Waals surface area (Å²) in [6, 6.07) is 9.56. The van der Waals surface area contributed by atoms with E-state index in [1.165, 1.54) is 4.90 Å². The number of para-hydroxylation sites is 1. The normalized spacial score (nSPS) is 11.8. The summed E-state index contributed by atoms with van der Waals surface area (Å²) in [7, 11) is 1.55. The van der Waals surface area contributed by atoms with E-state index in [9.17, 15) is 35.9 Å². The lowest BCUT2D eigenvalue weighted by Gasteiger charge is -2.17. The van der Waals surface area contributed by atoms with Crippen LogP contribution in [0.25, 0.3) is 0 Å². The molecule has 0 saturated carbocycles. The molecule has 2 aromatic carbocycles. The molecule has 0 fully saturated rings. The number of nitrogens with zero attached hydrogens (tertiary/aromatic N) is 1. The third-order valence-electron chi connectivity index (χ3n) is 4.18. The smallest absolute Gasteiger partial charge is 0.326 e. The Morgan fingerprint density at radius 1 is 0.867 bits per heavy atom. The van der Waals surface area contributed by atoms with Gasteiger partial charge in [-0.2, -0.15) is 26.3 Å². The van der Waals surface area contributed by atoms with Crippen LogP contribution in [0.15, 0.2) is 48.5 Å². The Morgan fingerprint density at radius 2 is 1.40 bits per heavy atom. The highest BCUT2D eigenvalue weighted by Gasteiger charge is 2.37. The van der Waals surface area contributed by atoms with Crippen LogP contribution in [0.2, 0.25) is 0 Å². The predicted octanol–water partition coefficient (Wildman–Crippen LogP) is 5.50. The van der Waals surface area contributed by atoms with Crippen molar-refractivity contribution in [2.45, 2.75) is 31.6 Å². The molecule has 2 rings (SSSR count). The van der Waals surface area contributed by atoms with Crippen LogP contribution in [0.4, 0.5) is 37.7 Å². The van der Waals surface area contributed by atoms with Crippen molar-refractivity contribution in [1.82, 2.24) is 0 Å². The number of nitrogens with one attached hydrogen (secondary N) is 1.